The van der Waals surface area contributed by atoms with E-state index in [9.17, 15) is 23.2 Å². The Hall–Kier alpha value is -2.55. The molecule has 29 heavy (non-hydrogen) atoms. The molecule has 2 N–H and O–H groups in total. The first-order valence-electron chi connectivity index (χ1n) is 9.86. The third-order valence-electron chi connectivity index (χ3n) is 5.03. The van der Waals surface area contributed by atoms with Crippen LogP contribution in [-0.4, -0.2) is 66.8 Å². The number of amides is 3. The molecule has 1 aromatic carbocycles. The average Bonchev–Trinajstić information content (AvgIpc) is 2.70. The summed E-state index contributed by atoms with van der Waals surface area (Å²) in [6, 6.07) is 3.03. The molecule has 9 heteroatoms. The summed E-state index contributed by atoms with van der Waals surface area (Å²) in [5.41, 5.74) is 0.114. The summed E-state index contributed by atoms with van der Waals surface area (Å²) < 4.78 is 26.0. The van der Waals surface area contributed by atoms with Crippen LogP contribution in [0.3, 0.4) is 0 Å². The van der Waals surface area contributed by atoms with E-state index in [0.717, 1.165) is 12.1 Å². The molecule has 0 unspecified atom stereocenters. The topological polar surface area (TPSA) is 81.8 Å². The highest BCUT2D eigenvalue weighted by Crippen LogP contribution is 2.19. The molecule has 160 valence electrons. The van der Waals surface area contributed by atoms with Gasteiger partial charge in [0.15, 0.2) is 11.6 Å². The molecule has 1 aromatic rings. The first-order chi connectivity index (χ1) is 13.8. The van der Waals surface area contributed by atoms with Gasteiger partial charge in [-0.25, -0.2) is 8.78 Å². The summed E-state index contributed by atoms with van der Waals surface area (Å²) in [5, 5.41) is 4.90. The molecule has 1 aliphatic rings. The maximum absolute atomic E-state index is 13.1. The Kier molecular flexibility index (Phi) is 8.50. The van der Waals surface area contributed by atoms with E-state index < -0.39 is 17.5 Å². The quantitative estimate of drug-likeness (QED) is 0.682. The van der Waals surface area contributed by atoms with Gasteiger partial charge in [0.05, 0.1) is 13.1 Å². The van der Waals surface area contributed by atoms with E-state index in [1.165, 1.54) is 6.07 Å². The molecule has 0 saturated carbocycles. The van der Waals surface area contributed by atoms with Crippen LogP contribution in [0.5, 0.6) is 0 Å². The summed E-state index contributed by atoms with van der Waals surface area (Å²) >= 11 is 0. The minimum Gasteiger partial charge on any atom is -0.346 e. The predicted molar refractivity (Wildman–Crippen MR) is 105 cm³/mol. The Labute approximate surface area is 169 Å². The molecule has 1 aliphatic heterocycles. The standard InChI is InChI=1S/C20H28F2N4O3/c1-3-26(4-2)20(29)14-7-9-25(10-8-14)13-19(28)23-12-18(27)24-15-5-6-16(21)17(22)11-15/h5-6,11,14H,3-4,7-10,12-13H2,1-2H3,(H,23,28)(H,24,27). The third-order valence-corrected chi connectivity index (χ3v) is 5.03. The van der Waals surface area contributed by atoms with E-state index in [0.29, 0.717) is 39.0 Å². The first-order valence-corrected chi connectivity index (χ1v) is 9.86. The van der Waals surface area contributed by atoms with Gasteiger partial charge < -0.3 is 15.5 Å². The monoisotopic (exact) mass is 410 g/mol. The van der Waals surface area contributed by atoms with Crippen LogP contribution in [-0.2, 0) is 14.4 Å². The van der Waals surface area contributed by atoms with Crippen LogP contribution in [0.2, 0.25) is 0 Å². The van der Waals surface area contributed by atoms with E-state index in [-0.39, 0.29) is 36.5 Å². The number of anilines is 1. The molecular formula is C20H28F2N4O3. The van der Waals surface area contributed by atoms with Crippen LogP contribution < -0.4 is 10.6 Å². The molecule has 2 rings (SSSR count). The summed E-state index contributed by atoms with van der Waals surface area (Å²) in [4.78, 5) is 40.1. The van der Waals surface area contributed by atoms with Gasteiger partial charge in [0, 0.05) is 30.8 Å². The highest BCUT2D eigenvalue weighted by molar-refractivity contribution is 5.94. The fourth-order valence-corrected chi connectivity index (χ4v) is 3.35. The lowest BCUT2D eigenvalue weighted by molar-refractivity contribution is -0.136. The number of carbonyl (C=O) groups excluding carboxylic acids is 3. The van der Waals surface area contributed by atoms with Crippen LogP contribution in [0, 0.1) is 17.6 Å². The Morgan fingerprint density at radius 1 is 1.07 bits per heavy atom. The van der Waals surface area contributed by atoms with Gasteiger partial charge in [-0.15, -0.1) is 0 Å². The van der Waals surface area contributed by atoms with E-state index >= 15 is 0 Å². The van der Waals surface area contributed by atoms with E-state index in [1.807, 2.05) is 23.6 Å². The molecule has 0 atom stereocenters. The highest BCUT2D eigenvalue weighted by atomic mass is 19.2. The van der Waals surface area contributed by atoms with Gasteiger partial charge in [0.25, 0.3) is 0 Å². The van der Waals surface area contributed by atoms with Crippen molar-refractivity contribution in [2.45, 2.75) is 26.7 Å². The number of halogens is 2. The van der Waals surface area contributed by atoms with Crippen molar-refractivity contribution < 1.29 is 23.2 Å². The van der Waals surface area contributed by atoms with Crippen molar-refractivity contribution >= 4 is 23.4 Å². The zero-order chi connectivity index (χ0) is 21.4. The Morgan fingerprint density at radius 2 is 1.72 bits per heavy atom. The average molecular weight is 410 g/mol. The second-order valence-corrected chi connectivity index (χ2v) is 7.01. The highest BCUT2D eigenvalue weighted by Gasteiger charge is 2.28. The predicted octanol–water partition coefficient (Wildman–Crippen LogP) is 1.60. The number of piperidine rings is 1. The van der Waals surface area contributed by atoms with Gasteiger partial charge in [0.1, 0.15) is 0 Å². The summed E-state index contributed by atoms with van der Waals surface area (Å²) in [6.07, 6.45) is 1.42. The van der Waals surface area contributed by atoms with Crippen molar-refractivity contribution in [3.05, 3.63) is 29.8 Å². The van der Waals surface area contributed by atoms with Crippen LogP contribution >= 0.6 is 0 Å². The fraction of sp³-hybridized carbons (Fsp3) is 0.550. The normalized spacial score (nSPS) is 15.0. The number of carbonyl (C=O) groups is 3. The van der Waals surface area contributed by atoms with Gasteiger partial charge in [0.2, 0.25) is 17.7 Å². The number of likely N-dealkylation sites (tertiary alicyclic amines) is 1. The van der Waals surface area contributed by atoms with E-state index in [4.69, 9.17) is 0 Å². The SMILES string of the molecule is CCN(CC)C(=O)C1CCN(CC(=O)NCC(=O)Nc2ccc(F)c(F)c2)CC1. The zero-order valence-corrected chi connectivity index (χ0v) is 16.8. The zero-order valence-electron chi connectivity index (χ0n) is 16.8. The van der Waals surface area contributed by atoms with Crippen molar-refractivity contribution in [1.29, 1.82) is 0 Å². The third kappa shape index (κ3) is 6.77. The van der Waals surface area contributed by atoms with Crippen molar-refractivity contribution in [2.24, 2.45) is 5.92 Å². The second-order valence-electron chi connectivity index (χ2n) is 7.01. The number of nitrogens with one attached hydrogen (secondary N) is 2. The molecule has 0 spiro atoms. The number of rotatable bonds is 8. The molecule has 1 fully saturated rings. The van der Waals surface area contributed by atoms with Crippen molar-refractivity contribution in [2.75, 3.05) is 44.6 Å². The fourth-order valence-electron chi connectivity index (χ4n) is 3.35. The Bertz CT molecular complexity index is 732. The number of benzene rings is 1. The first kappa shape index (κ1) is 22.7. The Balaban J connectivity index is 1.70. The number of hydrogen-bond donors (Lipinski definition) is 2. The van der Waals surface area contributed by atoms with Crippen LogP contribution in [0.4, 0.5) is 14.5 Å². The van der Waals surface area contributed by atoms with Crippen LogP contribution in [0.25, 0.3) is 0 Å². The lowest BCUT2D eigenvalue weighted by atomic mass is 9.95. The Morgan fingerprint density at radius 3 is 2.31 bits per heavy atom. The van der Waals surface area contributed by atoms with Gasteiger partial charge >= 0.3 is 0 Å². The minimum absolute atomic E-state index is 0.00362. The molecule has 1 saturated heterocycles. The molecule has 1 heterocycles. The smallest absolute Gasteiger partial charge is 0.243 e. The molecule has 0 bridgehead atoms. The molecule has 7 nitrogen and oxygen atoms in total. The molecule has 3 amide bonds. The van der Waals surface area contributed by atoms with Gasteiger partial charge in [-0.3, -0.25) is 19.3 Å². The summed E-state index contributed by atoms with van der Waals surface area (Å²) in [5.74, 6) is -2.73. The second kappa shape index (κ2) is 10.8. The lowest BCUT2D eigenvalue weighted by Crippen LogP contribution is -2.46. The lowest BCUT2D eigenvalue weighted by Gasteiger charge is -2.33. The molecule has 0 radical (unpaired) electrons. The molecule has 0 aromatic heterocycles. The minimum atomic E-state index is -1.06. The number of nitrogens with zero attached hydrogens (tertiary/aromatic N) is 2. The van der Waals surface area contributed by atoms with Crippen molar-refractivity contribution in [1.82, 2.24) is 15.1 Å². The van der Waals surface area contributed by atoms with Gasteiger partial charge in [-0.1, -0.05) is 0 Å². The number of hydrogen-bond acceptors (Lipinski definition) is 4. The van der Waals surface area contributed by atoms with Gasteiger partial charge in [-0.05, 0) is 51.9 Å². The molecule has 0 aliphatic carbocycles. The maximum atomic E-state index is 13.1. The van der Waals surface area contributed by atoms with Crippen molar-refractivity contribution in [3.8, 4) is 0 Å². The van der Waals surface area contributed by atoms with E-state index in [1.54, 1.807) is 0 Å². The maximum Gasteiger partial charge on any atom is 0.243 e. The van der Waals surface area contributed by atoms with Crippen molar-refractivity contribution in [3.63, 3.8) is 0 Å². The summed E-state index contributed by atoms with van der Waals surface area (Å²) in [6.45, 7) is 6.49. The summed E-state index contributed by atoms with van der Waals surface area (Å²) in [7, 11) is 0. The largest absolute Gasteiger partial charge is 0.346 e. The van der Waals surface area contributed by atoms with Crippen LogP contribution in [0.1, 0.15) is 26.7 Å². The van der Waals surface area contributed by atoms with Gasteiger partial charge in [-0.2, -0.15) is 0 Å². The molecular weight excluding hydrogens is 382 g/mol. The van der Waals surface area contributed by atoms with Crippen LogP contribution in [0.15, 0.2) is 18.2 Å². The van der Waals surface area contributed by atoms with E-state index in [2.05, 4.69) is 10.6 Å².